The second-order valence-corrected chi connectivity index (χ2v) is 5.08. The van der Waals surface area contributed by atoms with Gasteiger partial charge in [0.1, 0.15) is 0 Å². The van der Waals surface area contributed by atoms with Crippen LogP contribution in [0.1, 0.15) is 19.4 Å². The van der Waals surface area contributed by atoms with Gasteiger partial charge in [-0.3, -0.25) is 20.4 Å². The zero-order chi connectivity index (χ0) is 12.8. The Hall–Kier alpha value is -1.49. The van der Waals surface area contributed by atoms with E-state index in [4.69, 9.17) is 0 Å². The number of hydrazine groups is 1. The van der Waals surface area contributed by atoms with Gasteiger partial charge >= 0.3 is 0 Å². The van der Waals surface area contributed by atoms with Crippen LogP contribution < -0.4 is 10.9 Å². The number of thioether (sulfide) groups is 1. The predicted octanol–water partition coefficient (Wildman–Crippen LogP) is 1.64. The van der Waals surface area contributed by atoms with Gasteiger partial charge in [-0.05, 0) is 25.5 Å². The highest BCUT2D eigenvalue weighted by atomic mass is 32.2. The van der Waals surface area contributed by atoms with Crippen LogP contribution in [0, 0.1) is 6.92 Å². The summed E-state index contributed by atoms with van der Waals surface area (Å²) in [7, 11) is 0. The minimum Gasteiger partial charge on any atom is -0.274 e. The monoisotopic (exact) mass is 252 g/mol. The van der Waals surface area contributed by atoms with Gasteiger partial charge in [-0.15, -0.1) is 11.8 Å². The summed E-state index contributed by atoms with van der Waals surface area (Å²) in [6.45, 7) is 5.15. The van der Waals surface area contributed by atoms with Crippen molar-refractivity contribution in [2.45, 2.75) is 30.9 Å². The molecule has 0 heterocycles. The molecule has 17 heavy (non-hydrogen) atoms. The molecule has 0 aliphatic rings. The van der Waals surface area contributed by atoms with Crippen molar-refractivity contribution in [2.24, 2.45) is 0 Å². The van der Waals surface area contributed by atoms with Crippen molar-refractivity contribution in [3.05, 3.63) is 29.8 Å². The molecule has 0 fully saturated rings. The smallest absolute Gasteiger partial charge is 0.251 e. The largest absolute Gasteiger partial charge is 0.274 e. The number of aryl methyl sites for hydroxylation is 1. The number of benzene rings is 1. The molecule has 1 unspecified atom stereocenters. The van der Waals surface area contributed by atoms with Crippen molar-refractivity contribution in [3.63, 3.8) is 0 Å². The maximum absolute atomic E-state index is 11.6. The zero-order valence-electron chi connectivity index (χ0n) is 10.1. The summed E-state index contributed by atoms with van der Waals surface area (Å²) < 4.78 is 0. The Morgan fingerprint density at radius 3 is 2.47 bits per heavy atom. The Bertz CT molecular complexity index is 421. The molecule has 1 atom stereocenters. The van der Waals surface area contributed by atoms with Gasteiger partial charge in [-0.1, -0.05) is 18.2 Å². The van der Waals surface area contributed by atoms with Crippen LogP contribution in [0.3, 0.4) is 0 Å². The molecule has 0 spiro atoms. The highest BCUT2D eigenvalue weighted by Crippen LogP contribution is 2.26. The lowest BCUT2D eigenvalue weighted by molar-refractivity contribution is -0.127. The van der Waals surface area contributed by atoms with E-state index in [1.54, 1.807) is 6.92 Å². The van der Waals surface area contributed by atoms with Crippen molar-refractivity contribution in [1.82, 2.24) is 10.9 Å². The molecule has 0 bridgehead atoms. The van der Waals surface area contributed by atoms with Crippen LogP contribution in [0.25, 0.3) is 0 Å². The van der Waals surface area contributed by atoms with Gasteiger partial charge in [0.2, 0.25) is 5.91 Å². The van der Waals surface area contributed by atoms with Crippen molar-refractivity contribution >= 4 is 23.6 Å². The van der Waals surface area contributed by atoms with Crippen molar-refractivity contribution in [1.29, 1.82) is 0 Å². The molecule has 0 aromatic heterocycles. The first-order valence-electron chi connectivity index (χ1n) is 5.29. The van der Waals surface area contributed by atoms with Gasteiger partial charge in [0.05, 0.1) is 5.25 Å². The first-order valence-corrected chi connectivity index (χ1v) is 6.17. The molecule has 2 N–H and O–H groups in total. The van der Waals surface area contributed by atoms with Crippen molar-refractivity contribution in [3.8, 4) is 0 Å². The number of carbonyl (C=O) groups is 2. The van der Waals surface area contributed by atoms with Gasteiger partial charge in [-0.2, -0.15) is 0 Å². The second-order valence-electron chi connectivity index (χ2n) is 3.70. The average molecular weight is 252 g/mol. The zero-order valence-corrected chi connectivity index (χ0v) is 10.9. The molecule has 1 aromatic rings. The van der Waals surface area contributed by atoms with Crippen LogP contribution in [-0.2, 0) is 9.59 Å². The summed E-state index contributed by atoms with van der Waals surface area (Å²) in [6.07, 6.45) is 0. The minimum absolute atomic E-state index is 0.214. The van der Waals surface area contributed by atoms with E-state index < -0.39 is 0 Å². The van der Waals surface area contributed by atoms with E-state index in [0.717, 1.165) is 10.5 Å². The van der Waals surface area contributed by atoms with E-state index in [9.17, 15) is 9.59 Å². The van der Waals surface area contributed by atoms with Crippen LogP contribution in [0.2, 0.25) is 0 Å². The molecule has 1 rings (SSSR count). The van der Waals surface area contributed by atoms with Crippen LogP contribution in [-0.4, -0.2) is 17.1 Å². The predicted molar refractivity (Wildman–Crippen MR) is 68.5 cm³/mol. The van der Waals surface area contributed by atoms with E-state index in [0.29, 0.717) is 0 Å². The van der Waals surface area contributed by atoms with Crippen molar-refractivity contribution < 1.29 is 9.59 Å². The Morgan fingerprint density at radius 1 is 1.24 bits per heavy atom. The quantitative estimate of drug-likeness (QED) is 0.635. The molecule has 1 aromatic carbocycles. The average Bonchev–Trinajstić information content (AvgIpc) is 2.28. The van der Waals surface area contributed by atoms with Crippen LogP contribution in [0.4, 0.5) is 0 Å². The Kier molecular flexibility index (Phi) is 5.03. The first-order chi connectivity index (χ1) is 8.00. The van der Waals surface area contributed by atoms with Gasteiger partial charge in [0.25, 0.3) is 5.91 Å². The Balaban J connectivity index is 2.54. The third-order valence-corrected chi connectivity index (χ3v) is 3.41. The molecule has 4 nitrogen and oxygen atoms in total. The summed E-state index contributed by atoms with van der Waals surface area (Å²) in [5, 5.41) is -0.261. The highest BCUT2D eigenvalue weighted by Gasteiger charge is 2.15. The topological polar surface area (TPSA) is 58.2 Å². The third kappa shape index (κ3) is 4.48. The van der Waals surface area contributed by atoms with Gasteiger partial charge in [-0.25, -0.2) is 0 Å². The fourth-order valence-corrected chi connectivity index (χ4v) is 2.14. The summed E-state index contributed by atoms with van der Waals surface area (Å²) in [6, 6.07) is 7.87. The van der Waals surface area contributed by atoms with Crippen LogP contribution >= 0.6 is 11.8 Å². The lowest BCUT2D eigenvalue weighted by Crippen LogP contribution is -2.43. The van der Waals surface area contributed by atoms with Crippen LogP contribution in [0.15, 0.2) is 29.2 Å². The summed E-state index contributed by atoms with van der Waals surface area (Å²) in [4.78, 5) is 23.3. The summed E-state index contributed by atoms with van der Waals surface area (Å²) >= 11 is 1.47. The van der Waals surface area contributed by atoms with Gasteiger partial charge in [0.15, 0.2) is 0 Å². The van der Waals surface area contributed by atoms with E-state index in [-0.39, 0.29) is 17.1 Å². The second kappa shape index (κ2) is 6.30. The first kappa shape index (κ1) is 13.6. The molecule has 92 valence electrons. The number of hydrogen-bond acceptors (Lipinski definition) is 3. The SMILES string of the molecule is CC(=O)NNC(=O)C(C)Sc1ccccc1C. The molecule has 2 amide bonds. The van der Waals surface area contributed by atoms with Crippen LogP contribution in [0.5, 0.6) is 0 Å². The third-order valence-electron chi connectivity index (χ3n) is 2.13. The molecule has 0 aliphatic carbocycles. The fourth-order valence-electron chi connectivity index (χ4n) is 1.18. The lowest BCUT2D eigenvalue weighted by Gasteiger charge is -2.13. The molecule has 0 saturated carbocycles. The number of nitrogens with one attached hydrogen (secondary N) is 2. The molecule has 0 aliphatic heterocycles. The number of carbonyl (C=O) groups excluding carboxylic acids is 2. The number of rotatable bonds is 3. The van der Waals surface area contributed by atoms with Gasteiger partial charge < -0.3 is 0 Å². The maximum atomic E-state index is 11.6. The van der Waals surface area contributed by atoms with Crippen molar-refractivity contribution in [2.75, 3.05) is 0 Å². The maximum Gasteiger partial charge on any atom is 0.251 e. The number of hydrogen-bond donors (Lipinski definition) is 2. The molecule has 5 heteroatoms. The molecule has 0 saturated heterocycles. The Labute approximate surface area is 105 Å². The van der Waals surface area contributed by atoms with E-state index in [1.807, 2.05) is 31.2 Å². The van der Waals surface area contributed by atoms with Gasteiger partial charge in [0, 0.05) is 11.8 Å². The van der Waals surface area contributed by atoms with E-state index >= 15 is 0 Å². The molecule has 0 radical (unpaired) electrons. The highest BCUT2D eigenvalue weighted by molar-refractivity contribution is 8.00. The normalized spacial score (nSPS) is 11.7. The van der Waals surface area contributed by atoms with E-state index in [1.165, 1.54) is 18.7 Å². The minimum atomic E-state index is -0.286. The van der Waals surface area contributed by atoms with E-state index in [2.05, 4.69) is 10.9 Å². The number of amides is 2. The molecular formula is C12H16N2O2S. The summed E-state index contributed by atoms with van der Waals surface area (Å²) in [5.74, 6) is -0.500. The lowest BCUT2D eigenvalue weighted by atomic mass is 10.2. The standard InChI is InChI=1S/C12H16N2O2S/c1-8-6-4-5-7-11(8)17-9(2)12(16)14-13-10(3)15/h4-7,9H,1-3H3,(H,13,15)(H,14,16). The Morgan fingerprint density at radius 2 is 1.88 bits per heavy atom. The fraction of sp³-hybridized carbons (Fsp3) is 0.333. The summed E-state index contributed by atoms with van der Waals surface area (Å²) in [5.41, 5.74) is 5.77. The molecular weight excluding hydrogens is 236 g/mol.